The van der Waals surface area contributed by atoms with Crippen LogP contribution in [-0.4, -0.2) is 78.4 Å². The van der Waals surface area contributed by atoms with Gasteiger partial charge in [-0.05, 0) is 64.1 Å². The first-order chi connectivity index (χ1) is 15.3. The molecular weight excluding hydrogens is 406 g/mol. The van der Waals surface area contributed by atoms with Gasteiger partial charge in [0.2, 0.25) is 11.8 Å². The SMILES string of the molecule is CN(C)[C@]1(c2ccccc2)CC[C@]2(CC1)CN(CC(=O)NCC(N)=O)C(=O)N2CC1CC1. The maximum atomic E-state index is 13.4. The Morgan fingerprint density at radius 2 is 1.78 bits per heavy atom. The molecule has 32 heavy (non-hydrogen) atoms. The minimum absolute atomic E-state index is 0.0352. The maximum absolute atomic E-state index is 13.4. The Morgan fingerprint density at radius 3 is 2.34 bits per heavy atom. The van der Waals surface area contributed by atoms with Crippen molar-refractivity contribution in [2.24, 2.45) is 11.7 Å². The minimum Gasteiger partial charge on any atom is -0.368 e. The smallest absolute Gasteiger partial charge is 0.321 e. The van der Waals surface area contributed by atoms with Gasteiger partial charge in [-0.25, -0.2) is 4.79 Å². The largest absolute Gasteiger partial charge is 0.368 e. The third-order valence-electron chi connectivity index (χ3n) is 7.67. The van der Waals surface area contributed by atoms with Gasteiger partial charge in [-0.3, -0.25) is 14.5 Å². The number of nitrogens with zero attached hydrogens (tertiary/aromatic N) is 3. The first-order valence-electron chi connectivity index (χ1n) is 11.6. The number of hydrogen-bond donors (Lipinski definition) is 2. The molecule has 0 unspecified atom stereocenters. The summed E-state index contributed by atoms with van der Waals surface area (Å²) in [6.45, 7) is 1.09. The maximum Gasteiger partial charge on any atom is 0.321 e. The second kappa shape index (κ2) is 8.73. The zero-order valence-corrected chi connectivity index (χ0v) is 19.2. The Labute approximate surface area is 190 Å². The summed E-state index contributed by atoms with van der Waals surface area (Å²) in [5.41, 5.74) is 6.16. The molecule has 4 rings (SSSR count). The highest BCUT2D eigenvalue weighted by Gasteiger charge is 2.55. The number of nitrogens with two attached hydrogens (primary N) is 1. The second-order valence-electron chi connectivity index (χ2n) is 9.95. The van der Waals surface area contributed by atoms with Crippen LogP contribution in [0.15, 0.2) is 30.3 Å². The van der Waals surface area contributed by atoms with E-state index in [0.29, 0.717) is 12.5 Å². The molecule has 1 aromatic carbocycles. The average molecular weight is 442 g/mol. The molecule has 8 nitrogen and oxygen atoms in total. The third kappa shape index (κ3) is 4.33. The Morgan fingerprint density at radius 1 is 1.12 bits per heavy atom. The standard InChI is InChI=1S/C24H35N5O3/c1-27(2)24(19-6-4-3-5-7-19)12-10-23(11-13-24)17-28(16-21(31)26-14-20(25)30)22(32)29(23)15-18-8-9-18/h3-7,18H,8-17H2,1-2H3,(H2,25,30)(H,26,31)/t23-,24+. The third-order valence-corrected chi connectivity index (χ3v) is 7.67. The van der Waals surface area contributed by atoms with E-state index in [-0.39, 0.29) is 36.1 Å². The molecule has 4 amide bonds. The number of rotatable bonds is 8. The van der Waals surface area contributed by atoms with E-state index in [4.69, 9.17) is 5.73 Å². The zero-order valence-electron chi connectivity index (χ0n) is 19.2. The molecule has 1 aromatic rings. The molecule has 0 atom stereocenters. The molecule has 8 heteroatoms. The minimum atomic E-state index is -0.592. The summed E-state index contributed by atoms with van der Waals surface area (Å²) in [4.78, 5) is 42.7. The molecule has 3 N–H and O–H groups in total. The van der Waals surface area contributed by atoms with Crippen molar-refractivity contribution in [2.45, 2.75) is 49.6 Å². The van der Waals surface area contributed by atoms with Gasteiger partial charge in [0.1, 0.15) is 6.54 Å². The Balaban J connectivity index is 1.52. The Hall–Kier alpha value is -2.61. The predicted molar refractivity (Wildman–Crippen MR) is 122 cm³/mol. The number of primary amides is 1. The van der Waals surface area contributed by atoms with Crippen molar-refractivity contribution in [3.8, 4) is 0 Å². The van der Waals surface area contributed by atoms with Crippen LogP contribution < -0.4 is 11.1 Å². The van der Waals surface area contributed by atoms with Crippen LogP contribution in [0.25, 0.3) is 0 Å². The Bertz CT molecular complexity index is 860. The first-order valence-corrected chi connectivity index (χ1v) is 11.6. The molecule has 1 heterocycles. The highest BCUT2D eigenvalue weighted by molar-refractivity contribution is 5.88. The summed E-state index contributed by atoms with van der Waals surface area (Å²) in [5, 5.41) is 2.51. The molecule has 1 saturated heterocycles. The van der Waals surface area contributed by atoms with Gasteiger partial charge in [0, 0.05) is 18.6 Å². The van der Waals surface area contributed by atoms with Crippen LogP contribution in [0, 0.1) is 5.92 Å². The molecule has 1 spiro atoms. The molecule has 0 bridgehead atoms. The van der Waals surface area contributed by atoms with E-state index in [1.54, 1.807) is 4.90 Å². The van der Waals surface area contributed by atoms with Crippen molar-refractivity contribution >= 4 is 17.8 Å². The van der Waals surface area contributed by atoms with Crippen molar-refractivity contribution in [1.29, 1.82) is 0 Å². The molecule has 3 aliphatic rings. The number of amides is 4. The van der Waals surface area contributed by atoms with E-state index in [1.165, 1.54) is 18.4 Å². The molecule has 1 aliphatic heterocycles. The van der Waals surface area contributed by atoms with Crippen molar-refractivity contribution in [3.63, 3.8) is 0 Å². The van der Waals surface area contributed by atoms with Crippen LogP contribution >= 0.6 is 0 Å². The van der Waals surface area contributed by atoms with E-state index in [1.807, 2.05) is 6.07 Å². The van der Waals surface area contributed by atoms with Gasteiger partial charge in [-0.15, -0.1) is 0 Å². The number of urea groups is 1. The monoisotopic (exact) mass is 441 g/mol. The van der Waals surface area contributed by atoms with Gasteiger partial charge in [-0.1, -0.05) is 30.3 Å². The number of hydrogen-bond acceptors (Lipinski definition) is 4. The highest BCUT2D eigenvalue weighted by Crippen LogP contribution is 2.49. The average Bonchev–Trinajstić information content (AvgIpc) is 3.56. The summed E-state index contributed by atoms with van der Waals surface area (Å²) in [5.74, 6) is -0.358. The van der Waals surface area contributed by atoms with Gasteiger partial charge in [-0.2, -0.15) is 0 Å². The van der Waals surface area contributed by atoms with Crippen LogP contribution in [0.4, 0.5) is 4.79 Å². The lowest BCUT2D eigenvalue weighted by atomic mass is 9.68. The van der Waals surface area contributed by atoms with Crippen molar-refractivity contribution < 1.29 is 14.4 Å². The van der Waals surface area contributed by atoms with E-state index in [2.05, 4.69) is 53.5 Å². The van der Waals surface area contributed by atoms with Gasteiger partial charge in [0.15, 0.2) is 0 Å². The fourth-order valence-corrected chi connectivity index (χ4v) is 5.55. The number of carbonyl (C=O) groups excluding carboxylic acids is 3. The van der Waals surface area contributed by atoms with E-state index in [9.17, 15) is 14.4 Å². The highest BCUT2D eigenvalue weighted by atomic mass is 16.2. The van der Waals surface area contributed by atoms with E-state index in [0.717, 1.165) is 32.2 Å². The van der Waals surface area contributed by atoms with Gasteiger partial charge < -0.3 is 20.9 Å². The molecule has 2 saturated carbocycles. The topological polar surface area (TPSA) is 99.0 Å². The summed E-state index contributed by atoms with van der Waals surface area (Å²) in [6.07, 6.45) is 6.06. The van der Waals surface area contributed by atoms with Crippen LogP contribution in [0.5, 0.6) is 0 Å². The van der Waals surface area contributed by atoms with E-state index < -0.39 is 5.91 Å². The molecule has 3 fully saturated rings. The molecule has 2 aliphatic carbocycles. The van der Waals surface area contributed by atoms with Gasteiger partial charge in [0.25, 0.3) is 0 Å². The summed E-state index contributed by atoms with van der Waals surface area (Å²) >= 11 is 0. The van der Waals surface area contributed by atoms with Crippen molar-refractivity contribution in [3.05, 3.63) is 35.9 Å². The molecule has 0 aromatic heterocycles. The number of carbonyl (C=O) groups is 3. The summed E-state index contributed by atoms with van der Waals surface area (Å²) in [7, 11) is 4.28. The van der Waals surface area contributed by atoms with Crippen LogP contribution in [0.1, 0.15) is 44.1 Å². The summed E-state index contributed by atoms with van der Waals surface area (Å²) < 4.78 is 0. The molecule has 0 radical (unpaired) electrons. The zero-order chi connectivity index (χ0) is 22.9. The molecule has 174 valence electrons. The lowest BCUT2D eigenvalue weighted by molar-refractivity contribution is -0.125. The normalized spacial score (nSPS) is 27.9. The Kier molecular flexibility index (Phi) is 6.16. The fourth-order valence-electron chi connectivity index (χ4n) is 5.55. The number of nitrogens with one attached hydrogen (secondary N) is 1. The van der Waals surface area contributed by atoms with Crippen LogP contribution in [-0.2, 0) is 15.1 Å². The van der Waals surface area contributed by atoms with E-state index >= 15 is 0 Å². The number of benzene rings is 1. The van der Waals surface area contributed by atoms with Gasteiger partial charge >= 0.3 is 6.03 Å². The first kappa shape index (κ1) is 22.6. The quantitative estimate of drug-likeness (QED) is 0.639. The van der Waals surface area contributed by atoms with Gasteiger partial charge in [0.05, 0.1) is 12.1 Å². The lowest BCUT2D eigenvalue weighted by Crippen LogP contribution is -2.55. The van der Waals surface area contributed by atoms with Crippen molar-refractivity contribution in [2.75, 3.05) is 40.3 Å². The van der Waals surface area contributed by atoms with Crippen molar-refractivity contribution in [1.82, 2.24) is 20.0 Å². The van der Waals surface area contributed by atoms with Crippen LogP contribution in [0.2, 0.25) is 0 Å². The predicted octanol–water partition coefficient (Wildman–Crippen LogP) is 1.51. The fraction of sp³-hybridized carbons (Fsp3) is 0.625. The molecular formula is C24H35N5O3. The summed E-state index contributed by atoms with van der Waals surface area (Å²) in [6, 6.07) is 10.6. The second-order valence-corrected chi connectivity index (χ2v) is 9.95. The lowest BCUT2D eigenvalue weighted by Gasteiger charge is -2.51. The van der Waals surface area contributed by atoms with Crippen LogP contribution in [0.3, 0.4) is 0 Å².